The number of carbonyl (C=O) groups is 4. The number of esters is 1. The lowest BCUT2D eigenvalue weighted by molar-refractivity contribution is -0.151. The molecule has 1 saturated carbocycles. The van der Waals surface area contributed by atoms with E-state index >= 15 is 0 Å². The van der Waals surface area contributed by atoms with E-state index in [0.717, 1.165) is 42.7 Å². The fourth-order valence-corrected chi connectivity index (χ4v) is 4.47. The molecule has 1 heterocycles. The molecule has 2 aromatic rings. The Morgan fingerprint density at radius 1 is 0.938 bits per heavy atom. The standard InChI is InChI=1S/C25H26N2O5/c1-17(26-23(29)20-14-8-9-15-21(20)24(26)30)25(31)32-16-22(28)27(18-10-4-2-5-11-18)19-12-6-3-7-13-19/h2,4-5,8-11,14-15,17,19H,3,6-7,12-13,16H2,1H3. The Bertz CT molecular complexity index is 995. The summed E-state index contributed by atoms with van der Waals surface area (Å²) >= 11 is 0. The van der Waals surface area contributed by atoms with Crippen LogP contribution in [0.15, 0.2) is 54.6 Å². The Hall–Kier alpha value is -3.48. The fourth-order valence-electron chi connectivity index (χ4n) is 4.47. The van der Waals surface area contributed by atoms with Gasteiger partial charge in [0.05, 0.1) is 11.1 Å². The highest BCUT2D eigenvalue weighted by Gasteiger charge is 2.41. The average molecular weight is 434 g/mol. The van der Waals surface area contributed by atoms with Crippen LogP contribution in [0.3, 0.4) is 0 Å². The van der Waals surface area contributed by atoms with Crippen LogP contribution in [-0.2, 0) is 14.3 Å². The first-order valence-electron chi connectivity index (χ1n) is 11.0. The highest BCUT2D eigenvalue weighted by molar-refractivity contribution is 6.22. The first-order valence-corrected chi connectivity index (χ1v) is 11.0. The van der Waals surface area contributed by atoms with Crippen molar-refractivity contribution < 1.29 is 23.9 Å². The summed E-state index contributed by atoms with van der Waals surface area (Å²) in [4.78, 5) is 53.6. The lowest BCUT2D eigenvalue weighted by Gasteiger charge is -2.34. The van der Waals surface area contributed by atoms with Crippen molar-refractivity contribution in [3.05, 3.63) is 65.7 Å². The van der Waals surface area contributed by atoms with Crippen molar-refractivity contribution in [2.45, 2.75) is 51.1 Å². The number of benzene rings is 2. The van der Waals surface area contributed by atoms with Crippen molar-refractivity contribution in [3.8, 4) is 0 Å². The molecule has 1 aliphatic carbocycles. The Morgan fingerprint density at radius 3 is 2.09 bits per heavy atom. The number of imide groups is 1. The van der Waals surface area contributed by atoms with Gasteiger partial charge in [-0.05, 0) is 44.0 Å². The van der Waals surface area contributed by atoms with Gasteiger partial charge in [0.25, 0.3) is 17.7 Å². The van der Waals surface area contributed by atoms with Crippen LogP contribution in [-0.4, -0.2) is 47.3 Å². The van der Waals surface area contributed by atoms with Crippen molar-refractivity contribution >= 4 is 29.4 Å². The van der Waals surface area contributed by atoms with Gasteiger partial charge in [0, 0.05) is 11.7 Å². The third-order valence-electron chi connectivity index (χ3n) is 6.13. The molecule has 4 rings (SSSR count). The number of anilines is 1. The fraction of sp³-hybridized carbons (Fsp3) is 0.360. The Morgan fingerprint density at radius 2 is 1.50 bits per heavy atom. The minimum atomic E-state index is -1.13. The van der Waals surface area contributed by atoms with Crippen molar-refractivity contribution in [1.82, 2.24) is 4.90 Å². The van der Waals surface area contributed by atoms with E-state index in [1.165, 1.54) is 6.92 Å². The molecule has 0 spiro atoms. The van der Waals surface area contributed by atoms with Gasteiger partial charge in [-0.3, -0.25) is 19.3 Å². The van der Waals surface area contributed by atoms with Gasteiger partial charge < -0.3 is 9.64 Å². The van der Waals surface area contributed by atoms with Crippen molar-refractivity contribution in [1.29, 1.82) is 0 Å². The van der Waals surface area contributed by atoms with E-state index in [2.05, 4.69) is 0 Å². The summed E-state index contributed by atoms with van der Waals surface area (Å²) in [6.07, 6.45) is 5.07. The zero-order valence-electron chi connectivity index (χ0n) is 18.0. The van der Waals surface area contributed by atoms with Crippen LogP contribution < -0.4 is 4.90 Å². The second-order valence-electron chi connectivity index (χ2n) is 8.20. The van der Waals surface area contributed by atoms with Gasteiger partial charge in [0.2, 0.25) is 0 Å². The van der Waals surface area contributed by atoms with E-state index in [9.17, 15) is 19.2 Å². The summed E-state index contributed by atoms with van der Waals surface area (Å²) in [5.74, 6) is -2.17. The van der Waals surface area contributed by atoms with Crippen LogP contribution in [0, 0.1) is 0 Å². The molecule has 1 atom stereocenters. The van der Waals surface area contributed by atoms with Gasteiger partial charge in [-0.25, -0.2) is 4.79 Å². The highest BCUT2D eigenvalue weighted by atomic mass is 16.5. The number of carbonyl (C=O) groups excluding carboxylic acids is 4. The van der Waals surface area contributed by atoms with Gasteiger partial charge >= 0.3 is 5.97 Å². The molecule has 3 amide bonds. The molecule has 0 aromatic heterocycles. The lowest BCUT2D eigenvalue weighted by atomic mass is 9.93. The van der Waals surface area contributed by atoms with Gasteiger partial charge in [-0.15, -0.1) is 0 Å². The predicted molar refractivity (Wildman–Crippen MR) is 118 cm³/mol. The van der Waals surface area contributed by atoms with Gasteiger partial charge in [0.15, 0.2) is 6.61 Å². The molecule has 1 unspecified atom stereocenters. The Labute approximate surface area is 187 Å². The Balaban J connectivity index is 1.43. The minimum Gasteiger partial charge on any atom is -0.454 e. The highest BCUT2D eigenvalue weighted by Crippen LogP contribution is 2.28. The summed E-state index contributed by atoms with van der Waals surface area (Å²) < 4.78 is 5.29. The molecular weight excluding hydrogens is 408 g/mol. The summed E-state index contributed by atoms with van der Waals surface area (Å²) in [5.41, 5.74) is 1.30. The number of ether oxygens (including phenoxy) is 1. The maximum atomic E-state index is 13.1. The van der Waals surface area contributed by atoms with Crippen LogP contribution in [0.5, 0.6) is 0 Å². The van der Waals surface area contributed by atoms with Crippen molar-refractivity contribution in [3.63, 3.8) is 0 Å². The molecule has 0 bridgehead atoms. The van der Waals surface area contributed by atoms with E-state index in [0.29, 0.717) is 0 Å². The SMILES string of the molecule is CC(C(=O)OCC(=O)N(c1ccccc1)C1CCCCC1)N1C(=O)c2ccccc2C1=O. The lowest BCUT2D eigenvalue weighted by Crippen LogP contribution is -2.46. The number of hydrogen-bond acceptors (Lipinski definition) is 5. The second kappa shape index (κ2) is 9.34. The summed E-state index contributed by atoms with van der Waals surface area (Å²) in [7, 11) is 0. The maximum absolute atomic E-state index is 13.1. The van der Waals surface area contributed by atoms with Crippen molar-refractivity contribution in [2.75, 3.05) is 11.5 Å². The van der Waals surface area contributed by atoms with E-state index in [1.54, 1.807) is 29.2 Å². The van der Waals surface area contributed by atoms with Crippen LogP contribution in [0.25, 0.3) is 0 Å². The molecule has 1 fully saturated rings. The monoisotopic (exact) mass is 434 g/mol. The zero-order chi connectivity index (χ0) is 22.7. The van der Waals surface area contributed by atoms with Crippen molar-refractivity contribution in [2.24, 2.45) is 0 Å². The molecule has 7 heteroatoms. The number of rotatable bonds is 6. The minimum absolute atomic E-state index is 0.0611. The molecule has 0 saturated heterocycles. The number of fused-ring (bicyclic) bond motifs is 1. The van der Waals surface area contributed by atoms with E-state index < -0.39 is 30.4 Å². The largest absolute Gasteiger partial charge is 0.454 e. The zero-order valence-corrected chi connectivity index (χ0v) is 18.0. The van der Waals surface area contributed by atoms with Gasteiger partial charge in [-0.1, -0.05) is 49.6 Å². The maximum Gasteiger partial charge on any atom is 0.329 e. The van der Waals surface area contributed by atoms with E-state index in [1.807, 2.05) is 30.3 Å². The smallest absolute Gasteiger partial charge is 0.329 e. The molecule has 0 radical (unpaired) electrons. The van der Waals surface area contributed by atoms with Crippen LogP contribution in [0.4, 0.5) is 5.69 Å². The third-order valence-corrected chi connectivity index (χ3v) is 6.13. The Kier molecular flexibility index (Phi) is 6.35. The molecule has 1 aliphatic heterocycles. The van der Waals surface area contributed by atoms with Crippen LogP contribution >= 0.6 is 0 Å². The summed E-state index contributed by atoms with van der Waals surface area (Å²) in [5, 5.41) is 0. The van der Waals surface area contributed by atoms with Crippen LogP contribution in [0.1, 0.15) is 59.7 Å². The number of amides is 3. The molecule has 7 nitrogen and oxygen atoms in total. The number of nitrogens with zero attached hydrogens (tertiary/aromatic N) is 2. The van der Waals surface area contributed by atoms with Crippen LogP contribution in [0.2, 0.25) is 0 Å². The molecule has 0 N–H and O–H groups in total. The van der Waals surface area contributed by atoms with E-state index in [-0.39, 0.29) is 23.1 Å². The molecular formula is C25H26N2O5. The van der Waals surface area contributed by atoms with Gasteiger partial charge in [-0.2, -0.15) is 0 Å². The quantitative estimate of drug-likeness (QED) is 0.513. The summed E-state index contributed by atoms with van der Waals surface area (Å²) in [6.45, 7) is 0.988. The van der Waals surface area contributed by atoms with Gasteiger partial charge in [0.1, 0.15) is 6.04 Å². The topological polar surface area (TPSA) is 84.0 Å². The number of para-hydroxylation sites is 1. The predicted octanol–water partition coefficient (Wildman–Crippen LogP) is 3.58. The molecule has 2 aliphatic rings. The summed E-state index contributed by atoms with van der Waals surface area (Å²) in [6, 6.07) is 14.7. The number of hydrogen-bond donors (Lipinski definition) is 0. The normalized spacial score (nSPS) is 17.1. The first kappa shape index (κ1) is 21.7. The molecule has 32 heavy (non-hydrogen) atoms. The average Bonchev–Trinajstić information content (AvgIpc) is 3.08. The molecule has 166 valence electrons. The first-order chi connectivity index (χ1) is 15.5. The third kappa shape index (κ3) is 4.15. The van der Waals surface area contributed by atoms with E-state index in [4.69, 9.17) is 4.74 Å². The second-order valence-corrected chi connectivity index (χ2v) is 8.20. The molecule has 2 aromatic carbocycles.